The molecule has 0 radical (unpaired) electrons. The van der Waals surface area contributed by atoms with Gasteiger partial charge < -0.3 is 10.6 Å². The summed E-state index contributed by atoms with van der Waals surface area (Å²) in [5.74, 6) is -0.138. The molecule has 0 unspecified atom stereocenters. The normalized spacial score (nSPS) is 11.1. The Labute approximate surface area is 121 Å². The first-order valence-corrected chi connectivity index (χ1v) is 6.85. The van der Waals surface area contributed by atoms with Gasteiger partial charge in [-0.25, -0.2) is 0 Å². The molecule has 0 saturated carbocycles. The molecular weight excluding hydrogens is 252 g/mol. The maximum absolute atomic E-state index is 11.8. The molecule has 0 saturated heterocycles. The number of benzene rings is 1. The van der Waals surface area contributed by atoms with E-state index in [1.165, 1.54) is 0 Å². The lowest BCUT2D eigenvalue weighted by atomic mass is 9.96. The summed E-state index contributed by atoms with van der Waals surface area (Å²) in [5.41, 5.74) is 2.60. The number of amides is 2. The van der Waals surface area contributed by atoms with Crippen molar-refractivity contribution in [3.05, 3.63) is 29.3 Å². The van der Waals surface area contributed by atoms with E-state index in [-0.39, 0.29) is 18.2 Å². The zero-order valence-corrected chi connectivity index (χ0v) is 13.0. The minimum atomic E-state index is -0.426. The lowest BCUT2D eigenvalue weighted by Crippen LogP contribution is -2.36. The minimum absolute atomic E-state index is 0.0447. The Morgan fingerprint density at radius 3 is 2.10 bits per heavy atom. The fraction of sp³-hybridized carbons (Fsp3) is 0.500. The SMILES string of the molecule is Cc1cc(C)cc(NC(=O)CCNC(=O)C(C)(C)C)c1. The summed E-state index contributed by atoms with van der Waals surface area (Å²) in [5, 5.41) is 5.61. The number of aryl methyl sites for hydroxylation is 2. The summed E-state index contributed by atoms with van der Waals surface area (Å²) in [4.78, 5) is 23.5. The van der Waals surface area contributed by atoms with Gasteiger partial charge in [0.05, 0.1) is 0 Å². The molecule has 0 aromatic heterocycles. The second kappa shape index (κ2) is 6.55. The molecule has 0 aliphatic rings. The van der Waals surface area contributed by atoms with Crippen LogP contribution in [0.15, 0.2) is 18.2 Å². The number of rotatable bonds is 4. The van der Waals surface area contributed by atoms with Gasteiger partial charge in [-0.3, -0.25) is 9.59 Å². The Morgan fingerprint density at radius 2 is 1.60 bits per heavy atom. The first-order valence-electron chi connectivity index (χ1n) is 6.85. The third-order valence-electron chi connectivity index (χ3n) is 2.82. The van der Waals surface area contributed by atoms with E-state index in [1.807, 2.05) is 46.8 Å². The van der Waals surface area contributed by atoms with E-state index in [0.717, 1.165) is 16.8 Å². The van der Waals surface area contributed by atoms with Crippen molar-refractivity contribution in [1.29, 1.82) is 0 Å². The van der Waals surface area contributed by atoms with Gasteiger partial charge in [0, 0.05) is 24.1 Å². The van der Waals surface area contributed by atoms with Crippen LogP contribution >= 0.6 is 0 Å². The molecule has 0 fully saturated rings. The number of hydrogen-bond donors (Lipinski definition) is 2. The van der Waals surface area contributed by atoms with E-state index in [0.29, 0.717) is 6.54 Å². The largest absolute Gasteiger partial charge is 0.355 e. The molecule has 110 valence electrons. The lowest BCUT2D eigenvalue weighted by molar-refractivity contribution is -0.128. The highest BCUT2D eigenvalue weighted by atomic mass is 16.2. The summed E-state index contributed by atoms with van der Waals surface area (Å²) in [6.45, 7) is 9.87. The van der Waals surface area contributed by atoms with Crippen molar-refractivity contribution in [3.63, 3.8) is 0 Å². The monoisotopic (exact) mass is 276 g/mol. The van der Waals surface area contributed by atoms with Crippen molar-refractivity contribution in [3.8, 4) is 0 Å². The smallest absolute Gasteiger partial charge is 0.226 e. The van der Waals surface area contributed by atoms with Crippen LogP contribution in [0.2, 0.25) is 0 Å². The van der Waals surface area contributed by atoms with Crippen molar-refractivity contribution >= 4 is 17.5 Å². The van der Waals surface area contributed by atoms with Crippen LogP contribution in [-0.2, 0) is 9.59 Å². The highest BCUT2D eigenvalue weighted by molar-refractivity contribution is 5.91. The fourth-order valence-corrected chi connectivity index (χ4v) is 1.83. The van der Waals surface area contributed by atoms with Crippen molar-refractivity contribution in [2.45, 2.75) is 41.0 Å². The zero-order valence-electron chi connectivity index (χ0n) is 13.0. The molecule has 2 amide bonds. The third kappa shape index (κ3) is 5.43. The summed E-state index contributed by atoms with van der Waals surface area (Å²) in [6, 6.07) is 5.91. The Balaban J connectivity index is 2.43. The molecule has 0 spiro atoms. The minimum Gasteiger partial charge on any atom is -0.355 e. The van der Waals surface area contributed by atoms with Crippen molar-refractivity contribution in [2.75, 3.05) is 11.9 Å². The molecule has 4 heteroatoms. The van der Waals surface area contributed by atoms with E-state index in [4.69, 9.17) is 0 Å². The Bertz CT molecular complexity index is 481. The maximum Gasteiger partial charge on any atom is 0.226 e. The Hall–Kier alpha value is -1.84. The van der Waals surface area contributed by atoms with Gasteiger partial charge in [-0.1, -0.05) is 26.8 Å². The van der Waals surface area contributed by atoms with Crippen LogP contribution in [0, 0.1) is 19.3 Å². The molecule has 1 aromatic rings. The van der Waals surface area contributed by atoms with Gasteiger partial charge in [0.25, 0.3) is 0 Å². The average molecular weight is 276 g/mol. The first kappa shape index (κ1) is 16.2. The van der Waals surface area contributed by atoms with Crippen LogP contribution in [-0.4, -0.2) is 18.4 Å². The van der Waals surface area contributed by atoms with E-state index < -0.39 is 5.41 Å². The van der Waals surface area contributed by atoms with E-state index in [2.05, 4.69) is 16.7 Å². The third-order valence-corrected chi connectivity index (χ3v) is 2.82. The van der Waals surface area contributed by atoms with Gasteiger partial charge >= 0.3 is 0 Å². The van der Waals surface area contributed by atoms with Crippen molar-refractivity contribution in [2.24, 2.45) is 5.41 Å². The lowest BCUT2D eigenvalue weighted by Gasteiger charge is -2.17. The molecule has 1 aromatic carbocycles. The number of carbonyl (C=O) groups excluding carboxylic acids is 2. The Kier molecular flexibility index (Phi) is 5.31. The molecule has 0 bridgehead atoms. The van der Waals surface area contributed by atoms with Crippen LogP contribution in [0.5, 0.6) is 0 Å². The van der Waals surface area contributed by atoms with Crippen LogP contribution in [0.25, 0.3) is 0 Å². The molecular formula is C16H24N2O2. The number of nitrogens with one attached hydrogen (secondary N) is 2. The first-order chi connectivity index (χ1) is 9.18. The van der Waals surface area contributed by atoms with Crippen LogP contribution in [0.3, 0.4) is 0 Å². The highest BCUT2D eigenvalue weighted by Crippen LogP contribution is 2.14. The van der Waals surface area contributed by atoms with E-state index in [1.54, 1.807) is 0 Å². The second-order valence-electron chi connectivity index (χ2n) is 6.18. The number of anilines is 1. The molecule has 0 aliphatic heterocycles. The standard InChI is InChI=1S/C16H24N2O2/c1-11-8-12(2)10-13(9-11)18-14(19)6-7-17-15(20)16(3,4)5/h8-10H,6-7H2,1-5H3,(H,17,20)(H,18,19). The molecule has 2 N–H and O–H groups in total. The summed E-state index contributed by atoms with van der Waals surface area (Å²) >= 11 is 0. The van der Waals surface area contributed by atoms with E-state index in [9.17, 15) is 9.59 Å². The van der Waals surface area contributed by atoms with Gasteiger partial charge in [-0.2, -0.15) is 0 Å². The average Bonchev–Trinajstić information content (AvgIpc) is 2.25. The summed E-state index contributed by atoms with van der Waals surface area (Å²) < 4.78 is 0. The van der Waals surface area contributed by atoms with Crippen molar-refractivity contribution in [1.82, 2.24) is 5.32 Å². The maximum atomic E-state index is 11.8. The number of carbonyl (C=O) groups is 2. The van der Waals surface area contributed by atoms with Crippen molar-refractivity contribution < 1.29 is 9.59 Å². The molecule has 4 nitrogen and oxygen atoms in total. The van der Waals surface area contributed by atoms with Crippen LogP contribution in [0.4, 0.5) is 5.69 Å². The predicted molar refractivity (Wildman–Crippen MR) is 81.6 cm³/mol. The molecule has 20 heavy (non-hydrogen) atoms. The molecule has 0 atom stereocenters. The van der Waals surface area contributed by atoms with E-state index >= 15 is 0 Å². The topological polar surface area (TPSA) is 58.2 Å². The Morgan fingerprint density at radius 1 is 1.05 bits per heavy atom. The van der Waals surface area contributed by atoms with Gasteiger partial charge in [0.15, 0.2) is 0 Å². The molecule has 0 aliphatic carbocycles. The number of hydrogen-bond acceptors (Lipinski definition) is 2. The quantitative estimate of drug-likeness (QED) is 0.888. The zero-order chi connectivity index (χ0) is 15.3. The predicted octanol–water partition coefficient (Wildman–Crippen LogP) is 2.79. The van der Waals surface area contributed by atoms with Gasteiger partial charge in [-0.05, 0) is 37.1 Å². The molecule has 1 rings (SSSR count). The van der Waals surface area contributed by atoms with Gasteiger partial charge in [-0.15, -0.1) is 0 Å². The fourth-order valence-electron chi connectivity index (χ4n) is 1.83. The summed E-state index contributed by atoms with van der Waals surface area (Å²) in [7, 11) is 0. The summed E-state index contributed by atoms with van der Waals surface area (Å²) in [6.07, 6.45) is 0.273. The highest BCUT2D eigenvalue weighted by Gasteiger charge is 2.20. The van der Waals surface area contributed by atoms with Crippen LogP contribution in [0.1, 0.15) is 38.3 Å². The molecule has 0 heterocycles. The van der Waals surface area contributed by atoms with Crippen LogP contribution < -0.4 is 10.6 Å². The second-order valence-corrected chi connectivity index (χ2v) is 6.18. The van der Waals surface area contributed by atoms with Gasteiger partial charge in [0.1, 0.15) is 0 Å². The van der Waals surface area contributed by atoms with Gasteiger partial charge in [0.2, 0.25) is 11.8 Å².